The number of rotatable bonds is 3. The first kappa shape index (κ1) is 15.1. The molecule has 0 aliphatic carbocycles. The molecule has 0 bridgehead atoms. The van der Waals surface area contributed by atoms with Crippen LogP contribution in [0.4, 0.5) is 5.69 Å². The number of benzene rings is 1. The lowest BCUT2D eigenvalue weighted by molar-refractivity contribution is -0.141. The third-order valence-electron chi connectivity index (χ3n) is 4.57. The number of anilines is 1. The Hall–Kier alpha value is -2.82. The Kier molecular flexibility index (Phi) is 3.36. The fraction of sp³-hybridized carbons (Fsp3) is 0.222. The van der Waals surface area contributed by atoms with Gasteiger partial charge in [-0.1, -0.05) is 6.07 Å². The molecule has 118 valence electrons. The molecule has 5 heteroatoms. The molecule has 1 aromatic carbocycles. The van der Waals surface area contributed by atoms with Crippen molar-refractivity contribution in [2.75, 3.05) is 5.32 Å². The predicted octanol–water partition coefficient (Wildman–Crippen LogP) is 3.01. The molecule has 1 atom stereocenters. The first-order valence-corrected chi connectivity index (χ1v) is 7.36. The standard InChI is InChI=1S/C18H18N2O3/c1-10-4-5-14-15(11(10)2)13(16(21)20-14)8-18(3,17(22)23)12-6-7-19-9-12/h4-9,19H,1-3H3,(H,20,21)(H,22,23). The minimum Gasteiger partial charge on any atom is -0.480 e. The number of hydrogen-bond donors (Lipinski definition) is 3. The second-order valence-corrected chi connectivity index (χ2v) is 6.05. The number of hydrogen-bond acceptors (Lipinski definition) is 2. The lowest BCUT2D eigenvalue weighted by Crippen LogP contribution is -2.30. The van der Waals surface area contributed by atoms with Crippen LogP contribution in [0.25, 0.3) is 5.57 Å². The van der Waals surface area contributed by atoms with Gasteiger partial charge in [-0.25, -0.2) is 0 Å². The summed E-state index contributed by atoms with van der Waals surface area (Å²) in [5.74, 6) is -1.27. The van der Waals surface area contributed by atoms with Gasteiger partial charge in [0, 0.05) is 29.2 Å². The number of nitrogens with one attached hydrogen (secondary N) is 2. The number of aromatic nitrogens is 1. The van der Waals surface area contributed by atoms with E-state index in [2.05, 4.69) is 10.3 Å². The summed E-state index contributed by atoms with van der Waals surface area (Å²) in [5, 5.41) is 12.5. The fourth-order valence-electron chi connectivity index (χ4n) is 2.91. The van der Waals surface area contributed by atoms with Crippen LogP contribution < -0.4 is 5.32 Å². The number of carboxylic acids is 1. The van der Waals surface area contributed by atoms with E-state index < -0.39 is 11.4 Å². The Balaban J connectivity index is 2.22. The molecular weight excluding hydrogens is 292 g/mol. The van der Waals surface area contributed by atoms with Gasteiger partial charge in [0.2, 0.25) is 0 Å². The highest BCUT2D eigenvalue weighted by Crippen LogP contribution is 2.39. The van der Waals surface area contributed by atoms with E-state index in [9.17, 15) is 14.7 Å². The number of H-pyrrole nitrogens is 1. The molecule has 0 fully saturated rings. The monoisotopic (exact) mass is 310 g/mol. The first-order chi connectivity index (χ1) is 10.8. The van der Waals surface area contributed by atoms with Gasteiger partial charge in [0.05, 0.1) is 0 Å². The van der Waals surface area contributed by atoms with Crippen LogP contribution in [-0.4, -0.2) is 22.0 Å². The zero-order valence-corrected chi connectivity index (χ0v) is 13.2. The average Bonchev–Trinajstić information content (AvgIpc) is 3.12. The molecule has 0 saturated heterocycles. The first-order valence-electron chi connectivity index (χ1n) is 7.36. The van der Waals surface area contributed by atoms with Gasteiger partial charge in [0.25, 0.3) is 5.91 Å². The molecule has 1 amide bonds. The smallest absolute Gasteiger partial charge is 0.317 e. The largest absolute Gasteiger partial charge is 0.480 e. The molecule has 3 rings (SSSR count). The Morgan fingerprint density at radius 2 is 2.00 bits per heavy atom. The Morgan fingerprint density at radius 1 is 1.26 bits per heavy atom. The summed E-state index contributed by atoms with van der Waals surface area (Å²) in [5.41, 5.74) is 3.28. The number of aryl methyl sites for hydroxylation is 1. The molecule has 1 aliphatic heterocycles. The lowest BCUT2D eigenvalue weighted by atomic mass is 9.81. The number of amides is 1. The SMILES string of the molecule is Cc1ccc2c(c1C)C(=CC(C)(C(=O)O)c1cc[nH]c1)C(=O)N2. The third-order valence-corrected chi connectivity index (χ3v) is 4.57. The summed E-state index contributed by atoms with van der Waals surface area (Å²) in [6, 6.07) is 5.51. The zero-order valence-electron chi connectivity index (χ0n) is 13.2. The topological polar surface area (TPSA) is 82.2 Å². The summed E-state index contributed by atoms with van der Waals surface area (Å²) in [4.78, 5) is 27.1. The molecule has 0 spiro atoms. The van der Waals surface area contributed by atoms with Crippen molar-refractivity contribution in [1.82, 2.24) is 4.98 Å². The van der Waals surface area contributed by atoms with Crippen molar-refractivity contribution in [3.8, 4) is 0 Å². The number of carbonyl (C=O) groups is 2. The van der Waals surface area contributed by atoms with Crippen molar-refractivity contribution in [3.05, 3.63) is 58.9 Å². The van der Waals surface area contributed by atoms with Gasteiger partial charge in [-0.15, -0.1) is 0 Å². The third kappa shape index (κ3) is 2.25. The summed E-state index contributed by atoms with van der Waals surface area (Å²) < 4.78 is 0. The van der Waals surface area contributed by atoms with Crippen molar-refractivity contribution in [3.63, 3.8) is 0 Å². The van der Waals surface area contributed by atoms with E-state index in [1.807, 2.05) is 26.0 Å². The zero-order chi connectivity index (χ0) is 16.8. The summed E-state index contributed by atoms with van der Waals surface area (Å²) >= 11 is 0. The number of aliphatic carboxylic acids is 1. The number of fused-ring (bicyclic) bond motifs is 1. The van der Waals surface area contributed by atoms with E-state index in [4.69, 9.17) is 0 Å². The molecule has 1 aromatic heterocycles. The van der Waals surface area contributed by atoms with Gasteiger partial charge >= 0.3 is 5.97 Å². The maximum absolute atomic E-state index is 12.4. The molecule has 23 heavy (non-hydrogen) atoms. The van der Waals surface area contributed by atoms with Crippen molar-refractivity contribution >= 4 is 23.1 Å². The van der Waals surface area contributed by atoms with Crippen LogP contribution in [0, 0.1) is 13.8 Å². The Labute approximate surface area is 134 Å². The van der Waals surface area contributed by atoms with E-state index in [-0.39, 0.29) is 5.91 Å². The van der Waals surface area contributed by atoms with Crippen molar-refractivity contribution < 1.29 is 14.7 Å². The highest BCUT2D eigenvalue weighted by atomic mass is 16.4. The van der Waals surface area contributed by atoms with E-state index in [0.717, 1.165) is 22.4 Å². The summed E-state index contributed by atoms with van der Waals surface area (Å²) in [7, 11) is 0. The van der Waals surface area contributed by atoms with Crippen molar-refractivity contribution in [2.45, 2.75) is 26.2 Å². The molecule has 2 aromatic rings. The summed E-state index contributed by atoms with van der Waals surface area (Å²) in [6.45, 7) is 5.51. The van der Waals surface area contributed by atoms with E-state index in [0.29, 0.717) is 11.1 Å². The minimum atomic E-state index is -1.29. The van der Waals surface area contributed by atoms with Gasteiger partial charge in [-0.3, -0.25) is 9.59 Å². The van der Waals surface area contributed by atoms with Crippen LogP contribution in [0.3, 0.4) is 0 Å². The molecule has 1 unspecified atom stereocenters. The second kappa shape index (κ2) is 5.12. The van der Waals surface area contributed by atoms with Crippen molar-refractivity contribution in [2.24, 2.45) is 0 Å². The van der Waals surface area contributed by atoms with Gasteiger partial charge < -0.3 is 15.4 Å². The van der Waals surface area contributed by atoms with Crippen LogP contribution >= 0.6 is 0 Å². The Morgan fingerprint density at radius 3 is 2.61 bits per heavy atom. The van der Waals surface area contributed by atoms with Crippen LogP contribution in [0.2, 0.25) is 0 Å². The predicted molar refractivity (Wildman–Crippen MR) is 88.3 cm³/mol. The maximum atomic E-state index is 12.4. The highest BCUT2D eigenvalue weighted by molar-refractivity contribution is 6.32. The quantitative estimate of drug-likeness (QED) is 0.762. The van der Waals surface area contributed by atoms with E-state index in [1.54, 1.807) is 31.5 Å². The summed E-state index contributed by atoms with van der Waals surface area (Å²) in [6.07, 6.45) is 4.86. The molecule has 5 nitrogen and oxygen atoms in total. The number of aromatic amines is 1. The van der Waals surface area contributed by atoms with Crippen LogP contribution in [0.5, 0.6) is 0 Å². The van der Waals surface area contributed by atoms with Gasteiger partial charge in [0.1, 0.15) is 5.41 Å². The number of carbonyl (C=O) groups excluding carboxylic acids is 1. The Bertz CT molecular complexity index is 834. The molecular formula is C18H18N2O3. The molecule has 0 radical (unpaired) electrons. The molecule has 2 heterocycles. The number of carboxylic acid groups (broad SMARTS) is 1. The molecule has 0 saturated carbocycles. The molecule has 3 N–H and O–H groups in total. The van der Waals surface area contributed by atoms with Crippen LogP contribution in [0.1, 0.15) is 29.2 Å². The van der Waals surface area contributed by atoms with Crippen LogP contribution in [0.15, 0.2) is 36.7 Å². The van der Waals surface area contributed by atoms with Gasteiger partial charge in [-0.05, 0) is 55.7 Å². The lowest BCUT2D eigenvalue weighted by Gasteiger charge is -2.21. The minimum absolute atomic E-state index is 0.267. The normalized spacial score (nSPS) is 17.7. The second-order valence-electron chi connectivity index (χ2n) is 6.05. The van der Waals surface area contributed by atoms with Gasteiger partial charge in [-0.2, -0.15) is 0 Å². The maximum Gasteiger partial charge on any atom is 0.317 e. The van der Waals surface area contributed by atoms with Crippen molar-refractivity contribution in [1.29, 1.82) is 0 Å². The molecule has 1 aliphatic rings. The highest BCUT2D eigenvalue weighted by Gasteiger charge is 2.37. The van der Waals surface area contributed by atoms with E-state index in [1.165, 1.54) is 0 Å². The fourth-order valence-corrected chi connectivity index (χ4v) is 2.91. The van der Waals surface area contributed by atoms with E-state index >= 15 is 0 Å². The average molecular weight is 310 g/mol. The van der Waals surface area contributed by atoms with Crippen LogP contribution in [-0.2, 0) is 15.0 Å². The van der Waals surface area contributed by atoms with Gasteiger partial charge in [0.15, 0.2) is 0 Å².